The second-order valence-corrected chi connectivity index (χ2v) is 1.70. The Morgan fingerprint density at radius 3 is 0.800 bits per heavy atom. The first-order chi connectivity index (χ1) is 3.46. The molecule has 0 spiro atoms. The van der Waals surface area contributed by atoms with Gasteiger partial charge in [0, 0.05) is 0 Å². The van der Waals surface area contributed by atoms with Gasteiger partial charge in [-0.05, 0) is 0 Å². The second-order valence-electron chi connectivity index (χ2n) is 0.565. The normalized spacial score (nSPS) is 4.80. The van der Waals surface area contributed by atoms with E-state index >= 15 is 0 Å². The predicted octanol–water partition coefficient (Wildman–Crippen LogP) is -4.52. The first kappa shape index (κ1) is 22.4. The van der Waals surface area contributed by atoms with Crippen LogP contribution >= 0.6 is 0 Å². The van der Waals surface area contributed by atoms with Crippen LogP contribution in [0, 0.1) is 0 Å². The van der Waals surface area contributed by atoms with Gasteiger partial charge in [-0.1, -0.05) is 0 Å². The van der Waals surface area contributed by atoms with Gasteiger partial charge in [-0.15, -0.1) is 0 Å². The molecule has 0 unspecified atom stereocenters. The van der Waals surface area contributed by atoms with Crippen LogP contribution in [0.4, 0.5) is 0 Å². The molecule has 0 aliphatic heterocycles. The van der Waals surface area contributed by atoms with Crippen LogP contribution in [-0.2, 0) is 8.92 Å². The SMILES string of the molecule is O=[Si](O)O.O=[Si](O)O.[LiH].[NaH]. The molecule has 0 fully saturated rings. The van der Waals surface area contributed by atoms with Gasteiger partial charge in [0.25, 0.3) is 0 Å². The van der Waals surface area contributed by atoms with Crippen LogP contribution in [0.25, 0.3) is 0 Å². The van der Waals surface area contributed by atoms with Gasteiger partial charge in [0.1, 0.15) is 0 Å². The minimum absolute atomic E-state index is 0. The first-order valence-corrected chi connectivity index (χ1v) is 3.91. The number of hydrogen-bond acceptors (Lipinski definition) is 2. The van der Waals surface area contributed by atoms with E-state index in [-0.39, 0.29) is 48.4 Å². The molecule has 0 aliphatic carbocycles. The van der Waals surface area contributed by atoms with Crippen LogP contribution < -0.4 is 0 Å². The minimum atomic E-state index is -3.13. The van der Waals surface area contributed by atoms with Gasteiger partial charge < -0.3 is 19.2 Å². The zero-order valence-electron chi connectivity index (χ0n) is 3.61. The summed E-state index contributed by atoms with van der Waals surface area (Å²) in [4.78, 5) is 28.6. The fraction of sp³-hybridized carbons (Fsp3) is 0. The van der Waals surface area contributed by atoms with Crippen molar-refractivity contribution in [3.63, 3.8) is 0 Å². The van der Waals surface area contributed by atoms with Crippen LogP contribution in [0.2, 0.25) is 0 Å². The van der Waals surface area contributed by atoms with E-state index in [9.17, 15) is 0 Å². The maximum atomic E-state index is 8.74. The van der Waals surface area contributed by atoms with Crippen molar-refractivity contribution in [2.45, 2.75) is 0 Å². The number of rotatable bonds is 0. The van der Waals surface area contributed by atoms with Crippen molar-refractivity contribution in [2.24, 2.45) is 0 Å². The molecule has 0 rings (SSSR count). The molecule has 0 aromatic carbocycles. The third kappa shape index (κ3) is 784. The molecule has 6 nitrogen and oxygen atoms in total. The Hall–Kier alpha value is 0.831. The average molecular weight is 188 g/mol. The van der Waals surface area contributed by atoms with E-state index in [2.05, 4.69) is 0 Å². The summed E-state index contributed by atoms with van der Waals surface area (Å²) >= 11 is 0. The van der Waals surface area contributed by atoms with Gasteiger partial charge >= 0.3 is 66.8 Å². The summed E-state index contributed by atoms with van der Waals surface area (Å²) < 4.78 is 17.5. The fourth-order valence-electron chi connectivity index (χ4n) is 0. The molecule has 0 heterocycles. The molecule has 10 heavy (non-hydrogen) atoms. The van der Waals surface area contributed by atoms with Crippen molar-refractivity contribution < 1.29 is 28.1 Å². The Morgan fingerprint density at radius 1 is 0.800 bits per heavy atom. The standard InChI is InChI=1S/Li.Na.2H2O3Si.2H/c;;2*1-4(2)3;;/h;;2*1-2H;;. The Labute approximate surface area is 94.2 Å². The summed E-state index contributed by atoms with van der Waals surface area (Å²) in [5, 5.41) is 0. The van der Waals surface area contributed by atoms with Gasteiger partial charge in [-0.25, -0.2) is 0 Å². The molecule has 0 atom stereocenters. The maximum absolute atomic E-state index is 8.74. The monoisotopic (exact) mass is 188 g/mol. The zero-order chi connectivity index (χ0) is 7.15. The van der Waals surface area contributed by atoms with E-state index in [1.807, 2.05) is 0 Å². The van der Waals surface area contributed by atoms with Gasteiger partial charge in [-0.3, -0.25) is 8.92 Å². The molecule has 4 N–H and O–H groups in total. The van der Waals surface area contributed by atoms with E-state index in [1.54, 1.807) is 0 Å². The molecule has 0 bridgehead atoms. The predicted molar refractivity (Wildman–Crippen MR) is 36.1 cm³/mol. The Morgan fingerprint density at radius 2 is 0.800 bits per heavy atom. The molecule has 0 saturated heterocycles. The van der Waals surface area contributed by atoms with Crippen LogP contribution in [0.1, 0.15) is 0 Å². The molecule has 0 radical (unpaired) electrons. The van der Waals surface area contributed by atoms with Crippen LogP contribution in [-0.4, -0.2) is 85.9 Å². The molecular formula is H6LiNaO6Si2. The summed E-state index contributed by atoms with van der Waals surface area (Å²) in [5.41, 5.74) is 0. The molecular weight excluding hydrogens is 182 g/mol. The van der Waals surface area contributed by atoms with Crippen molar-refractivity contribution in [1.29, 1.82) is 0 Å². The summed E-state index contributed by atoms with van der Waals surface area (Å²) in [6.07, 6.45) is 0. The van der Waals surface area contributed by atoms with Crippen molar-refractivity contribution in [1.82, 2.24) is 0 Å². The van der Waals surface area contributed by atoms with Gasteiger partial charge in [0.2, 0.25) is 0 Å². The quantitative estimate of drug-likeness (QED) is 0.285. The zero-order valence-corrected chi connectivity index (χ0v) is 5.61. The van der Waals surface area contributed by atoms with E-state index in [0.717, 1.165) is 0 Å². The first-order valence-electron chi connectivity index (χ1n) is 1.30. The van der Waals surface area contributed by atoms with Crippen molar-refractivity contribution in [2.75, 3.05) is 0 Å². The average Bonchev–Trinajstić information content (AvgIpc) is 1.25. The second kappa shape index (κ2) is 16.4. The number of hydrogen-bond donors (Lipinski definition) is 4. The molecule has 0 aromatic rings. The Kier molecular flexibility index (Phi) is 36.9. The summed E-state index contributed by atoms with van der Waals surface area (Å²) in [7, 11) is -6.26. The molecule has 0 amide bonds. The molecule has 0 aliphatic rings. The van der Waals surface area contributed by atoms with Crippen LogP contribution in [0.5, 0.6) is 0 Å². The Balaban J connectivity index is -0.0000000300. The molecule has 0 aromatic heterocycles. The third-order valence-corrected chi connectivity index (χ3v) is 0. The van der Waals surface area contributed by atoms with Crippen LogP contribution in [0.3, 0.4) is 0 Å². The van der Waals surface area contributed by atoms with Gasteiger partial charge in [0.15, 0.2) is 0 Å². The van der Waals surface area contributed by atoms with E-state index in [4.69, 9.17) is 28.1 Å². The summed E-state index contributed by atoms with van der Waals surface area (Å²) in [6.45, 7) is 0. The topological polar surface area (TPSA) is 115 Å². The summed E-state index contributed by atoms with van der Waals surface area (Å²) in [6, 6.07) is 0. The molecule has 10 heteroatoms. The summed E-state index contributed by atoms with van der Waals surface area (Å²) in [5.74, 6) is 0. The molecule has 0 saturated carbocycles. The van der Waals surface area contributed by atoms with Crippen molar-refractivity contribution >= 4 is 66.8 Å². The molecule has 52 valence electrons. The third-order valence-electron chi connectivity index (χ3n) is 0. The van der Waals surface area contributed by atoms with Crippen molar-refractivity contribution in [3.8, 4) is 0 Å². The van der Waals surface area contributed by atoms with E-state index in [0.29, 0.717) is 0 Å². The fourth-order valence-corrected chi connectivity index (χ4v) is 0. The Bertz CT molecular complexity index is 73.7. The van der Waals surface area contributed by atoms with E-state index < -0.39 is 18.3 Å². The van der Waals surface area contributed by atoms with Gasteiger partial charge in [-0.2, -0.15) is 0 Å². The van der Waals surface area contributed by atoms with Crippen LogP contribution in [0.15, 0.2) is 0 Å². The van der Waals surface area contributed by atoms with Gasteiger partial charge in [0.05, 0.1) is 0 Å². The van der Waals surface area contributed by atoms with Crippen molar-refractivity contribution in [3.05, 3.63) is 0 Å². The van der Waals surface area contributed by atoms with E-state index in [1.165, 1.54) is 0 Å².